The van der Waals surface area contributed by atoms with E-state index in [9.17, 15) is 9.59 Å². The fraction of sp³-hybridized carbons (Fsp3) is 0.714. The van der Waals surface area contributed by atoms with Crippen LogP contribution in [0.3, 0.4) is 0 Å². The first-order valence-electron chi connectivity index (χ1n) is 13.1. The Morgan fingerprint density at radius 2 is 1.06 bits per heavy atom. The average Bonchev–Trinajstić information content (AvgIpc) is 2.77. The molecule has 0 atom stereocenters. The maximum Gasteiger partial charge on any atom is 0.311 e. The Bertz CT molecular complexity index is 638. The van der Waals surface area contributed by atoms with Gasteiger partial charge in [0.1, 0.15) is 0 Å². The molecule has 0 aliphatic heterocycles. The number of hydrogen-bond donors (Lipinski definition) is 0. The van der Waals surface area contributed by atoms with E-state index in [0.717, 1.165) is 56.9 Å². The molecule has 0 N–H and O–H groups in total. The Morgan fingerprint density at radius 3 is 1.62 bits per heavy atom. The van der Waals surface area contributed by atoms with Gasteiger partial charge in [0.15, 0.2) is 11.5 Å². The van der Waals surface area contributed by atoms with Gasteiger partial charge in [-0.25, -0.2) is 0 Å². The van der Waals surface area contributed by atoms with Gasteiger partial charge in [-0.05, 0) is 43.4 Å². The normalized spacial score (nSPS) is 10.8. The zero-order chi connectivity index (χ0) is 23.4. The third kappa shape index (κ3) is 13.5. The van der Waals surface area contributed by atoms with Crippen molar-refractivity contribution in [1.29, 1.82) is 0 Å². The maximum absolute atomic E-state index is 12.3. The largest absolute Gasteiger partial charge is 0.423 e. The van der Waals surface area contributed by atoms with Gasteiger partial charge in [-0.2, -0.15) is 0 Å². The van der Waals surface area contributed by atoms with E-state index in [1.165, 1.54) is 44.9 Å². The molecule has 0 saturated carbocycles. The molecular weight excluding hydrogens is 400 g/mol. The van der Waals surface area contributed by atoms with Crippen molar-refractivity contribution in [3.63, 3.8) is 0 Å². The standard InChI is InChI=1S/C28H46O4/c1-4-7-10-11-12-13-14-17-18-24-21-22-25(31-27(29)19-15-8-5-2)26(23-24)32-28(30)20-16-9-6-3/h21-23H,4-20H2,1-3H3. The molecule has 32 heavy (non-hydrogen) atoms. The van der Waals surface area contributed by atoms with E-state index < -0.39 is 0 Å². The lowest BCUT2D eigenvalue weighted by molar-refractivity contribution is -0.137. The van der Waals surface area contributed by atoms with Gasteiger partial charge < -0.3 is 9.47 Å². The highest BCUT2D eigenvalue weighted by molar-refractivity contribution is 5.76. The van der Waals surface area contributed by atoms with Gasteiger partial charge in [-0.15, -0.1) is 0 Å². The van der Waals surface area contributed by atoms with Crippen molar-refractivity contribution in [1.82, 2.24) is 0 Å². The van der Waals surface area contributed by atoms with Crippen LogP contribution in [0.1, 0.15) is 129 Å². The van der Waals surface area contributed by atoms with Crippen molar-refractivity contribution in [2.45, 2.75) is 130 Å². The minimum atomic E-state index is -0.266. The Morgan fingerprint density at radius 1 is 0.594 bits per heavy atom. The Kier molecular flexibility index (Phi) is 16.5. The number of ether oxygens (including phenoxy) is 2. The number of carbonyl (C=O) groups excluding carboxylic acids is 2. The molecular formula is C28H46O4. The molecule has 4 nitrogen and oxygen atoms in total. The van der Waals surface area contributed by atoms with Crippen LogP contribution in [0.4, 0.5) is 0 Å². The fourth-order valence-electron chi connectivity index (χ4n) is 3.72. The van der Waals surface area contributed by atoms with Gasteiger partial charge in [-0.3, -0.25) is 9.59 Å². The summed E-state index contributed by atoms with van der Waals surface area (Å²) in [6, 6.07) is 5.66. The second-order valence-corrected chi connectivity index (χ2v) is 8.87. The molecule has 1 aromatic carbocycles. The van der Waals surface area contributed by atoms with Crippen LogP contribution in [0.2, 0.25) is 0 Å². The summed E-state index contributed by atoms with van der Waals surface area (Å²) in [5.74, 6) is 0.214. The lowest BCUT2D eigenvalue weighted by Crippen LogP contribution is -2.12. The van der Waals surface area contributed by atoms with E-state index in [-0.39, 0.29) is 11.9 Å². The zero-order valence-electron chi connectivity index (χ0n) is 20.9. The summed E-state index contributed by atoms with van der Waals surface area (Å²) in [5, 5.41) is 0. The number of carbonyl (C=O) groups is 2. The van der Waals surface area contributed by atoms with Crippen LogP contribution >= 0.6 is 0 Å². The number of rotatable bonds is 19. The van der Waals surface area contributed by atoms with Crippen LogP contribution in [0.25, 0.3) is 0 Å². The van der Waals surface area contributed by atoms with E-state index in [1.807, 2.05) is 12.1 Å². The summed E-state index contributed by atoms with van der Waals surface area (Å²) in [7, 11) is 0. The Hall–Kier alpha value is -1.84. The first kappa shape index (κ1) is 28.2. The third-order valence-electron chi connectivity index (χ3n) is 5.74. The molecule has 0 saturated heterocycles. The lowest BCUT2D eigenvalue weighted by Gasteiger charge is -2.13. The highest BCUT2D eigenvalue weighted by atomic mass is 16.6. The van der Waals surface area contributed by atoms with Crippen LogP contribution in [0, 0.1) is 0 Å². The van der Waals surface area contributed by atoms with Crippen molar-refractivity contribution in [2.24, 2.45) is 0 Å². The first-order chi connectivity index (χ1) is 15.6. The lowest BCUT2D eigenvalue weighted by atomic mass is 10.0. The number of unbranched alkanes of at least 4 members (excludes halogenated alkanes) is 11. The molecule has 0 spiro atoms. The average molecular weight is 447 g/mol. The molecule has 1 aromatic rings. The van der Waals surface area contributed by atoms with E-state index in [2.05, 4.69) is 20.8 Å². The number of esters is 2. The summed E-state index contributed by atoms with van der Waals surface area (Å²) in [6.07, 6.45) is 17.7. The quantitative estimate of drug-likeness (QED) is 0.122. The molecule has 0 heterocycles. The van der Waals surface area contributed by atoms with Crippen molar-refractivity contribution in [3.05, 3.63) is 23.8 Å². The second-order valence-electron chi connectivity index (χ2n) is 8.87. The summed E-state index contributed by atoms with van der Waals surface area (Å²) in [6.45, 7) is 6.46. The zero-order valence-corrected chi connectivity index (χ0v) is 20.9. The first-order valence-corrected chi connectivity index (χ1v) is 13.1. The molecule has 0 bridgehead atoms. The number of aryl methyl sites for hydroxylation is 1. The highest BCUT2D eigenvalue weighted by Crippen LogP contribution is 2.30. The van der Waals surface area contributed by atoms with Crippen LogP contribution in [0.5, 0.6) is 11.5 Å². The van der Waals surface area contributed by atoms with Crippen molar-refractivity contribution >= 4 is 11.9 Å². The van der Waals surface area contributed by atoms with Gasteiger partial charge in [0.25, 0.3) is 0 Å². The molecule has 0 unspecified atom stereocenters. The van der Waals surface area contributed by atoms with Gasteiger partial charge in [0.05, 0.1) is 0 Å². The molecule has 0 aliphatic rings. The SMILES string of the molecule is CCCCCCCCCCc1ccc(OC(=O)CCCCC)c(OC(=O)CCCCC)c1. The smallest absolute Gasteiger partial charge is 0.311 e. The molecule has 4 heteroatoms. The fourth-order valence-corrected chi connectivity index (χ4v) is 3.72. The Labute approximate surface area is 196 Å². The number of benzene rings is 1. The third-order valence-corrected chi connectivity index (χ3v) is 5.74. The van der Waals surface area contributed by atoms with Crippen LogP contribution < -0.4 is 9.47 Å². The predicted octanol–water partition coefficient (Wildman–Crippen LogP) is 8.34. The van der Waals surface area contributed by atoms with Gasteiger partial charge in [0.2, 0.25) is 0 Å². The topological polar surface area (TPSA) is 52.6 Å². The molecule has 0 radical (unpaired) electrons. The molecule has 0 aliphatic carbocycles. The van der Waals surface area contributed by atoms with Crippen molar-refractivity contribution in [3.8, 4) is 11.5 Å². The highest BCUT2D eigenvalue weighted by Gasteiger charge is 2.15. The molecule has 182 valence electrons. The molecule has 0 fully saturated rings. The van der Waals surface area contributed by atoms with Gasteiger partial charge in [-0.1, -0.05) is 97.5 Å². The van der Waals surface area contributed by atoms with E-state index in [1.54, 1.807) is 6.07 Å². The Balaban J connectivity index is 2.63. The van der Waals surface area contributed by atoms with Crippen LogP contribution in [-0.4, -0.2) is 11.9 Å². The molecule has 0 aromatic heterocycles. The number of hydrogen-bond acceptors (Lipinski definition) is 4. The summed E-state index contributed by atoms with van der Waals surface area (Å²) in [4.78, 5) is 24.5. The minimum absolute atomic E-state index is 0.258. The van der Waals surface area contributed by atoms with Gasteiger partial charge >= 0.3 is 11.9 Å². The molecule has 1 rings (SSSR count). The van der Waals surface area contributed by atoms with Gasteiger partial charge in [0, 0.05) is 12.8 Å². The van der Waals surface area contributed by atoms with Crippen LogP contribution in [0.15, 0.2) is 18.2 Å². The summed E-state index contributed by atoms with van der Waals surface area (Å²) in [5.41, 5.74) is 1.12. The van der Waals surface area contributed by atoms with Crippen LogP contribution in [-0.2, 0) is 16.0 Å². The van der Waals surface area contributed by atoms with Crippen molar-refractivity contribution < 1.29 is 19.1 Å². The minimum Gasteiger partial charge on any atom is -0.423 e. The maximum atomic E-state index is 12.3. The van der Waals surface area contributed by atoms with Crippen molar-refractivity contribution in [2.75, 3.05) is 0 Å². The summed E-state index contributed by atoms with van der Waals surface area (Å²) >= 11 is 0. The monoisotopic (exact) mass is 446 g/mol. The summed E-state index contributed by atoms with van der Waals surface area (Å²) < 4.78 is 11.2. The van der Waals surface area contributed by atoms with E-state index in [0.29, 0.717) is 24.3 Å². The second kappa shape index (κ2) is 18.7. The van der Waals surface area contributed by atoms with E-state index in [4.69, 9.17) is 9.47 Å². The molecule has 0 amide bonds. The predicted molar refractivity (Wildman–Crippen MR) is 132 cm³/mol. The van der Waals surface area contributed by atoms with E-state index >= 15 is 0 Å².